The number of fused-ring (bicyclic) bond motifs is 4. The number of allylic oxidation sites excluding steroid dienone is 1. The molecule has 0 fully saturated rings. The Bertz CT molecular complexity index is 928. The van der Waals surface area contributed by atoms with Gasteiger partial charge >= 0.3 is 0 Å². The van der Waals surface area contributed by atoms with Gasteiger partial charge in [0.1, 0.15) is 11.7 Å². The third-order valence-electron chi connectivity index (χ3n) is 4.26. The Morgan fingerprint density at radius 1 is 1.39 bits per heavy atom. The molecular formula is C18H15ClO3S. The minimum atomic E-state index is -0.211. The average molecular weight is 347 g/mol. The van der Waals surface area contributed by atoms with E-state index in [1.807, 2.05) is 6.92 Å². The van der Waals surface area contributed by atoms with Gasteiger partial charge in [-0.25, -0.2) is 0 Å². The van der Waals surface area contributed by atoms with E-state index in [0.29, 0.717) is 27.5 Å². The van der Waals surface area contributed by atoms with Crippen LogP contribution in [0.15, 0.2) is 50.5 Å². The molecule has 3 atom stereocenters. The van der Waals surface area contributed by atoms with E-state index in [9.17, 15) is 4.79 Å². The number of benzene rings is 1. The molecule has 2 aromatic rings. The molecule has 1 aromatic heterocycles. The lowest BCUT2D eigenvalue weighted by Gasteiger charge is -2.33. The van der Waals surface area contributed by atoms with Crippen LogP contribution in [0.2, 0.25) is 5.02 Å². The van der Waals surface area contributed by atoms with Crippen molar-refractivity contribution < 1.29 is 9.15 Å². The van der Waals surface area contributed by atoms with Gasteiger partial charge in [0, 0.05) is 10.9 Å². The quantitative estimate of drug-likeness (QED) is 0.674. The SMILES string of the molecule is C=C(C)[C@@H]1Oc2c(oc3ccc(Cl)cc3c2=O)[C@@H]2SC(C)=C[C@H]12. The highest BCUT2D eigenvalue weighted by Gasteiger charge is 2.44. The first-order valence-corrected chi connectivity index (χ1v) is 8.65. The second kappa shape index (κ2) is 5.18. The van der Waals surface area contributed by atoms with Crippen LogP contribution >= 0.6 is 23.4 Å². The minimum Gasteiger partial charge on any atom is -0.478 e. The summed E-state index contributed by atoms with van der Waals surface area (Å²) in [5.74, 6) is 1.05. The topological polar surface area (TPSA) is 39.4 Å². The molecule has 118 valence electrons. The van der Waals surface area contributed by atoms with Gasteiger partial charge in [-0.05, 0) is 42.5 Å². The van der Waals surface area contributed by atoms with Crippen molar-refractivity contribution in [1.82, 2.24) is 0 Å². The molecule has 2 aliphatic heterocycles. The van der Waals surface area contributed by atoms with Crippen molar-refractivity contribution in [3.05, 3.63) is 62.3 Å². The Hall–Kier alpha value is -1.65. The van der Waals surface area contributed by atoms with Gasteiger partial charge in [0.05, 0.1) is 10.6 Å². The lowest BCUT2D eigenvalue weighted by atomic mass is 9.89. The first kappa shape index (κ1) is 14.9. The summed E-state index contributed by atoms with van der Waals surface area (Å²) in [5, 5.41) is 0.999. The van der Waals surface area contributed by atoms with Crippen molar-refractivity contribution in [2.24, 2.45) is 5.92 Å². The lowest BCUT2D eigenvalue weighted by Crippen LogP contribution is -2.35. The van der Waals surface area contributed by atoms with Gasteiger partial charge in [-0.1, -0.05) is 24.3 Å². The number of halogens is 1. The summed E-state index contributed by atoms with van der Waals surface area (Å²) in [6.07, 6.45) is 1.97. The van der Waals surface area contributed by atoms with Crippen LogP contribution in [-0.2, 0) is 0 Å². The predicted molar refractivity (Wildman–Crippen MR) is 94.3 cm³/mol. The lowest BCUT2D eigenvalue weighted by molar-refractivity contribution is 0.152. The van der Waals surface area contributed by atoms with E-state index in [2.05, 4.69) is 19.6 Å². The largest absolute Gasteiger partial charge is 0.478 e. The Morgan fingerprint density at radius 3 is 2.91 bits per heavy atom. The molecule has 0 N–H and O–H groups in total. The van der Waals surface area contributed by atoms with Crippen LogP contribution in [-0.4, -0.2) is 6.10 Å². The Morgan fingerprint density at radius 2 is 2.17 bits per heavy atom. The van der Waals surface area contributed by atoms with Crippen molar-refractivity contribution in [1.29, 1.82) is 0 Å². The standard InChI is InChI=1S/C18H15ClO3S/c1-8(2)15-12-6-9(3)23-18(12)17-16(22-15)14(20)11-7-10(19)4-5-13(11)21-17/h4-7,12,15,18H,1H2,2-3H3/t12-,15+,18-/m1/s1. The van der Waals surface area contributed by atoms with Gasteiger partial charge in [-0.15, -0.1) is 11.8 Å². The molecule has 0 spiro atoms. The zero-order chi connectivity index (χ0) is 16.3. The van der Waals surface area contributed by atoms with Gasteiger partial charge in [0.25, 0.3) is 0 Å². The molecule has 0 unspecified atom stereocenters. The predicted octanol–water partition coefficient (Wildman–Crippen LogP) is 5.09. The first-order valence-electron chi connectivity index (χ1n) is 7.39. The zero-order valence-corrected chi connectivity index (χ0v) is 14.3. The van der Waals surface area contributed by atoms with E-state index < -0.39 is 0 Å². The number of thioether (sulfide) groups is 1. The summed E-state index contributed by atoms with van der Waals surface area (Å²) in [6, 6.07) is 5.08. The fraction of sp³-hybridized carbons (Fsp3) is 0.278. The normalized spacial score (nSPS) is 25.5. The van der Waals surface area contributed by atoms with Crippen molar-refractivity contribution in [3.8, 4) is 5.75 Å². The van der Waals surface area contributed by atoms with Gasteiger partial charge in [0.15, 0.2) is 5.76 Å². The maximum absolute atomic E-state index is 12.9. The second-order valence-corrected chi connectivity index (χ2v) is 7.87. The molecule has 23 heavy (non-hydrogen) atoms. The number of hydrogen-bond donors (Lipinski definition) is 0. The van der Waals surface area contributed by atoms with E-state index in [0.717, 1.165) is 5.57 Å². The van der Waals surface area contributed by atoms with Gasteiger partial charge in [-0.2, -0.15) is 0 Å². The molecule has 1 aromatic carbocycles. The number of rotatable bonds is 1. The van der Waals surface area contributed by atoms with Gasteiger partial charge in [-0.3, -0.25) is 4.79 Å². The highest BCUT2D eigenvalue weighted by Crippen LogP contribution is 2.54. The highest BCUT2D eigenvalue weighted by molar-refractivity contribution is 8.03. The highest BCUT2D eigenvalue weighted by atomic mass is 35.5. The van der Waals surface area contributed by atoms with Crippen LogP contribution in [0.25, 0.3) is 11.0 Å². The van der Waals surface area contributed by atoms with Crippen LogP contribution in [0.3, 0.4) is 0 Å². The van der Waals surface area contributed by atoms with Crippen molar-refractivity contribution >= 4 is 34.3 Å². The molecule has 3 heterocycles. The van der Waals surface area contributed by atoms with E-state index in [-0.39, 0.29) is 22.7 Å². The Kier molecular flexibility index (Phi) is 3.36. The number of hydrogen-bond acceptors (Lipinski definition) is 4. The summed E-state index contributed by atoms with van der Waals surface area (Å²) >= 11 is 7.73. The van der Waals surface area contributed by atoms with Crippen LogP contribution in [0, 0.1) is 5.92 Å². The Labute approximate surface area is 143 Å². The zero-order valence-electron chi connectivity index (χ0n) is 12.8. The molecule has 0 radical (unpaired) electrons. The summed E-state index contributed by atoms with van der Waals surface area (Å²) in [5.41, 5.74) is 1.28. The summed E-state index contributed by atoms with van der Waals surface area (Å²) < 4.78 is 12.1. The third-order valence-corrected chi connectivity index (χ3v) is 5.79. The maximum atomic E-state index is 12.9. The minimum absolute atomic E-state index is 0.0493. The smallest absolute Gasteiger partial charge is 0.234 e. The Balaban J connectivity index is 1.98. The van der Waals surface area contributed by atoms with Crippen LogP contribution in [0.5, 0.6) is 5.75 Å². The van der Waals surface area contributed by atoms with Crippen LogP contribution < -0.4 is 10.2 Å². The fourth-order valence-electron chi connectivity index (χ4n) is 3.25. The van der Waals surface area contributed by atoms with Crippen LogP contribution in [0.4, 0.5) is 0 Å². The van der Waals surface area contributed by atoms with Gasteiger partial charge < -0.3 is 9.15 Å². The summed E-state index contributed by atoms with van der Waals surface area (Å²) in [6.45, 7) is 8.02. The molecule has 0 aliphatic carbocycles. The van der Waals surface area contributed by atoms with Crippen molar-refractivity contribution in [3.63, 3.8) is 0 Å². The maximum Gasteiger partial charge on any atom is 0.234 e. The molecule has 0 bridgehead atoms. The van der Waals surface area contributed by atoms with E-state index >= 15 is 0 Å². The molecule has 0 amide bonds. The molecule has 0 saturated heterocycles. The van der Waals surface area contributed by atoms with Crippen molar-refractivity contribution in [2.75, 3.05) is 0 Å². The first-order chi connectivity index (χ1) is 11.0. The second-order valence-electron chi connectivity index (χ2n) is 6.04. The molecule has 3 nitrogen and oxygen atoms in total. The molecule has 4 rings (SSSR count). The fourth-order valence-corrected chi connectivity index (χ4v) is 4.70. The van der Waals surface area contributed by atoms with E-state index in [1.54, 1.807) is 30.0 Å². The monoisotopic (exact) mass is 346 g/mol. The van der Waals surface area contributed by atoms with Crippen molar-refractivity contribution in [2.45, 2.75) is 25.2 Å². The van der Waals surface area contributed by atoms with Crippen LogP contribution in [0.1, 0.15) is 24.9 Å². The van der Waals surface area contributed by atoms with E-state index in [4.69, 9.17) is 20.8 Å². The summed E-state index contributed by atoms with van der Waals surface area (Å²) in [4.78, 5) is 14.1. The molecule has 2 aliphatic rings. The average Bonchev–Trinajstić information content (AvgIpc) is 2.89. The van der Waals surface area contributed by atoms with Gasteiger partial charge in [0.2, 0.25) is 11.2 Å². The van der Waals surface area contributed by atoms with E-state index in [1.165, 1.54) is 4.91 Å². The molecule has 0 saturated carbocycles. The molecular weight excluding hydrogens is 332 g/mol. The molecule has 5 heteroatoms. The summed E-state index contributed by atoms with van der Waals surface area (Å²) in [7, 11) is 0. The third kappa shape index (κ3) is 2.24. The number of ether oxygens (including phenoxy) is 1.